The second kappa shape index (κ2) is 3.76. The highest BCUT2D eigenvalue weighted by Crippen LogP contribution is 2.19. The Morgan fingerprint density at radius 2 is 2.50 bits per heavy atom. The van der Waals surface area contributed by atoms with Crippen LogP contribution < -0.4 is 10.5 Å². The highest BCUT2D eigenvalue weighted by Gasteiger charge is 2.00. The summed E-state index contributed by atoms with van der Waals surface area (Å²) in [5.41, 5.74) is 6.86. The molecule has 0 fully saturated rings. The first-order valence-corrected chi connectivity index (χ1v) is 3.78. The van der Waals surface area contributed by atoms with E-state index in [-0.39, 0.29) is 0 Å². The average Bonchev–Trinajstić information content (AvgIpc) is 2.05. The molecule has 12 heavy (non-hydrogen) atoms. The Morgan fingerprint density at radius 1 is 1.75 bits per heavy atom. The lowest BCUT2D eigenvalue weighted by Crippen LogP contribution is -1.97. The van der Waals surface area contributed by atoms with E-state index in [0.29, 0.717) is 18.0 Å². The lowest BCUT2D eigenvalue weighted by molar-refractivity contribution is 0.338. The molecule has 0 amide bonds. The van der Waals surface area contributed by atoms with Gasteiger partial charge in [0.2, 0.25) is 0 Å². The molecule has 1 heterocycles. The predicted molar refractivity (Wildman–Crippen MR) is 49.9 cm³/mol. The first kappa shape index (κ1) is 8.59. The first-order valence-electron chi connectivity index (χ1n) is 3.78. The minimum atomic E-state index is 0.601. The Bertz CT molecular complexity index is 284. The third-order valence-corrected chi connectivity index (χ3v) is 1.40. The van der Waals surface area contributed by atoms with Gasteiger partial charge >= 0.3 is 0 Å². The van der Waals surface area contributed by atoms with Gasteiger partial charge in [0.25, 0.3) is 0 Å². The number of aromatic nitrogens is 1. The molecule has 3 nitrogen and oxygen atoms in total. The maximum atomic E-state index is 5.54. The topological polar surface area (TPSA) is 48.1 Å². The number of rotatable bonds is 3. The number of anilines is 1. The van der Waals surface area contributed by atoms with Crippen molar-refractivity contribution in [3.63, 3.8) is 0 Å². The molecule has 0 bridgehead atoms. The summed E-state index contributed by atoms with van der Waals surface area (Å²) >= 11 is 0. The molecule has 1 aromatic heterocycles. The largest absolute Gasteiger partial charge is 0.492 e. The molecule has 1 aromatic rings. The van der Waals surface area contributed by atoms with Gasteiger partial charge in [0.05, 0.1) is 18.5 Å². The van der Waals surface area contributed by atoms with Crippen LogP contribution >= 0.6 is 0 Å². The van der Waals surface area contributed by atoms with Crippen LogP contribution in [0.4, 0.5) is 5.69 Å². The molecule has 0 unspecified atom stereocenters. The number of nitrogens with two attached hydrogens (primary N) is 1. The highest BCUT2D eigenvalue weighted by atomic mass is 16.5. The van der Waals surface area contributed by atoms with E-state index in [2.05, 4.69) is 11.6 Å². The highest BCUT2D eigenvalue weighted by molar-refractivity contribution is 5.55. The van der Waals surface area contributed by atoms with Gasteiger partial charge in [-0.25, -0.2) is 0 Å². The van der Waals surface area contributed by atoms with Gasteiger partial charge in [0.1, 0.15) is 11.4 Å². The Hall–Kier alpha value is -1.51. The van der Waals surface area contributed by atoms with E-state index < -0.39 is 0 Å². The molecule has 0 aliphatic heterocycles. The molecular formula is C9H12N2O. The van der Waals surface area contributed by atoms with Crippen LogP contribution in [0.3, 0.4) is 0 Å². The first-order chi connectivity index (χ1) is 5.77. The number of nitrogens with zero attached hydrogens (tertiary/aromatic N) is 1. The normalized spacial score (nSPS) is 9.42. The van der Waals surface area contributed by atoms with Crippen molar-refractivity contribution in [2.24, 2.45) is 0 Å². The van der Waals surface area contributed by atoms with Gasteiger partial charge < -0.3 is 10.5 Å². The molecule has 64 valence electrons. The standard InChI is InChI=1S/C9H12N2O/c1-3-8-9(12-4-2)5-7(10)6-11-8/h3,5-6H,1,4,10H2,2H3. The van der Waals surface area contributed by atoms with Crippen molar-refractivity contribution in [2.75, 3.05) is 12.3 Å². The maximum absolute atomic E-state index is 5.54. The lowest BCUT2D eigenvalue weighted by atomic mass is 10.3. The SMILES string of the molecule is C=Cc1ncc(N)cc1OCC. The lowest BCUT2D eigenvalue weighted by Gasteiger charge is -2.06. The molecule has 0 aromatic carbocycles. The molecule has 0 saturated heterocycles. The Balaban J connectivity index is 3.03. The molecular weight excluding hydrogens is 152 g/mol. The van der Waals surface area contributed by atoms with Gasteiger partial charge in [-0.2, -0.15) is 0 Å². The average molecular weight is 164 g/mol. The van der Waals surface area contributed by atoms with Crippen molar-refractivity contribution in [3.8, 4) is 5.75 Å². The minimum absolute atomic E-state index is 0.601. The number of hydrogen-bond donors (Lipinski definition) is 1. The predicted octanol–water partition coefficient (Wildman–Crippen LogP) is 1.71. The van der Waals surface area contributed by atoms with E-state index in [1.165, 1.54) is 0 Å². The Labute approximate surface area is 71.9 Å². The van der Waals surface area contributed by atoms with Crippen molar-refractivity contribution in [3.05, 3.63) is 24.5 Å². The van der Waals surface area contributed by atoms with Crippen LogP contribution in [0.1, 0.15) is 12.6 Å². The number of pyridine rings is 1. The third kappa shape index (κ3) is 1.75. The van der Waals surface area contributed by atoms with Gasteiger partial charge in [0.15, 0.2) is 0 Å². The second-order valence-corrected chi connectivity index (χ2v) is 2.29. The van der Waals surface area contributed by atoms with Crippen molar-refractivity contribution in [1.29, 1.82) is 0 Å². The minimum Gasteiger partial charge on any atom is -0.492 e. The molecule has 0 saturated carbocycles. The number of nitrogen functional groups attached to an aromatic ring is 1. The molecule has 0 atom stereocenters. The van der Waals surface area contributed by atoms with Gasteiger partial charge in [-0.15, -0.1) is 0 Å². The Kier molecular flexibility index (Phi) is 2.69. The summed E-state index contributed by atoms with van der Waals surface area (Å²) in [4.78, 5) is 4.05. The zero-order valence-corrected chi connectivity index (χ0v) is 7.08. The van der Waals surface area contributed by atoms with Crippen molar-refractivity contribution in [2.45, 2.75) is 6.92 Å². The summed E-state index contributed by atoms with van der Waals surface area (Å²) in [6.45, 7) is 6.14. The molecule has 0 aliphatic rings. The van der Waals surface area contributed by atoms with Gasteiger partial charge in [-0.3, -0.25) is 4.98 Å². The Morgan fingerprint density at radius 3 is 3.08 bits per heavy atom. The summed E-state index contributed by atoms with van der Waals surface area (Å²) < 4.78 is 5.29. The molecule has 2 N–H and O–H groups in total. The van der Waals surface area contributed by atoms with Crippen molar-refractivity contribution >= 4 is 11.8 Å². The zero-order valence-electron chi connectivity index (χ0n) is 7.08. The molecule has 0 aliphatic carbocycles. The number of ether oxygens (including phenoxy) is 1. The fourth-order valence-corrected chi connectivity index (χ4v) is 0.895. The molecule has 1 rings (SSSR count). The molecule has 0 spiro atoms. The van der Waals surface area contributed by atoms with Crippen molar-refractivity contribution < 1.29 is 4.74 Å². The van der Waals surface area contributed by atoms with Crippen LogP contribution in [0.2, 0.25) is 0 Å². The number of hydrogen-bond acceptors (Lipinski definition) is 3. The summed E-state index contributed by atoms with van der Waals surface area (Å²) in [7, 11) is 0. The van der Waals surface area contributed by atoms with E-state index in [0.717, 1.165) is 5.69 Å². The summed E-state index contributed by atoms with van der Waals surface area (Å²) in [5, 5.41) is 0. The van der Waals surface area contributed by atoms with Crippen LogP contribution in [0.15, 0.2) is 18.8 Å². The van der Waals surface area contributed by atoms with Gasteiger partial charge in [-0.05, 0) is 13.0 Å². The van der Waals surface area contributed by atoms with E-state index in [4.69, 9.17) is 10.5 Å². The van der Waals surface area contributed by atoms with Crippen LogP contribution in [-0.4, -0.2) is 11.6 Å². The third-order valence-electron chi connectivity index (χ3n) is 1.40. The summed E-state index contributed by atoms with van der Waals surface area (Å²) in [5.74, 6) is 0.688. The summed E-state index contributed by atoms with van der Waals surface area (Å²) in [6, 6.07) is 1.74. The van der Waals surface area contributed by atoms with E-state index in [1.807, 2.05) is 6.92 Å². The smallest absolute Gasteiger partial charge is 0.146 e. The maximum Gasteiger partial charge on any atom is 0.146 e. The van der Waals surface area contributed by atoms with E-state index in [9.17, 15) is 0 Å². The second-order valence-electron chi connectivity index (χ2n) is 2.29. The fourth-order valence-electron chi connectivity index (χ4n) is 0.895. The van der Waals surface area contributed by atoms with Gasteiger partial charge in [0, 0.05) is 6.07 Å². The van der Waals surface area contributed by atoms with Crippen LogP contribution in [-0.2, 0) is 0 Å². The quantitative estimate of drug-likeness (QED) is 0.739. The van der Waals surface area contributed by atoms with E-state index in [1.54, 1.807) is 18.3 Å². The fraction of sp³-hybridized carbons (Fsp3) is 0.222. The summed E-state index contributed by atoms with van der Waals surface area (Å²) in [6.07, 6.45) is 3.23. The molecule has 0 radical (unpaired) electrons. The van der Waals surface area contributed by atoms with E-state index >= 15 is 0 Å². The monoisotopic (exact) mass is 164 g/mol. The van der Waals surface area contributed by atoms with Crippen LogP contribution in [0, 0.1) is 0 Å². The van der Waals surface area contributed by atoms with Crippen molar-refractivity contribution in [1.82, 2.24) is 4.98 Å². The zero-order chi connectivity index (χ0) is 8.97. The molecule has 3 heteroatoms. The van der Waals surface area contributed by atoms with Crippen LogP contribution in [0.25, 0.3) is 6.08 Å². The van der Waals surface area contributed by atoms with Gasteiger partial charge in [-0.1, -0.05) is 6.58 Å². The van der Waals surface area contributed by atoms with Crippen LogP contribution in [0.5, 0.6) is 5.75 Å².